The second kappa shape index (κ2) is 5.90. The first kappa shape index (κ1) is 16.4. The zero-order valence-corrected chi connectivity index (χ0v) is 13.8. The first-order chi connectivity index (χ1) is 11.3. The molecule has 24 heavy (non-hydrogen) atoms. The van der Waals surface area contributed by atoms with E-state index in [0.29, 0.717) is 24.0 Å². The molecule has 0 unspecified atom stereocenters. The molecule has 0 spiro atoms. The van der Waals surface area contributed by atoms with Crippen LogP contribution in [0.1, 0.15) is 27.9 Å². The molecular formula is C17H16FNO4S. The van der Waals surface area contributed by atoms with Crippen molar-refractivity contribution in [3.8, 4) is 0 Å². The number of hydrogen-bond acceptors (Lipinski definition) is 3. The zero-order chi connectivity index (χ0) is 17.5. The fourth-order valence-electron chi connectivity index (χ4n) is 2.94. The van der Waals surface area contributed by atoms with Gasteiger partial charge in [0.05, 0.1) is 16.1 Å². The van der Waals surface area contributed by atoms with E-state index in [1.165, 1.54) is 18.2 Å². The molecule has 1 aliphatic rings. The van der Waals surface area contributed by atoms with E-state index in [1.54, 1.807) is 19.1 Å². The highest BCUT2D eigenvalue weighted by molar-refractivity contribution is 7.92. The molecule has 1 N–H and O–H groups in total. The lowest BCUT2D eigenvalue weighted by atomic mass is 10.0. The summed E-state index contributed by atoms with van der Waals surface area (Å²) in [5.74, 6) is -1.81. The predicted molar refractivity (Wildman–Crippen MR) is 87.4 cm³/mol. The quantitative estimate of drug-likeness (QED) is 0.924. The van der Waals surface area contributed by atoms with Crippen LogP contribution in [0.4, 0.5) is 10.1 Å². The monoisotopic (exact) mass is 349 g/mol. The number of nitrogens with zero attached hydrogens (tertiary/aromatic N) is 1. The Kier molecular flexibility index (Phi) is 4.04. The maximum absolute atomic E-state index is 14.3. The number of anilines is 1. The lowest BCUT2D eigenvalue weighted by Crippen LogP contribution is -2.36. The maximum Gasteiger partial charge on any atom is 0.335 e. The van der Waals surface area contributed by atoms with Gasteiger partial charge in [-0.05, 0) is 49.1 Å². The van der Waals surface area contributed by atoms with Crippen molar-refractivity contribution in [3.63, 3.8) is 0 Å². The minimum atomic E-state index is -4.05. The van der Waals surface area contributed by atoms with Crippen molar-refractivity contribution in [2.75, 3.05) is 10.8 Å². The van der Waals surface area contributed by atoms with E-state index in [1.807, 2.05) is 0 Å². The number of carboxylic acids is 1. The number of benzene rings is 2. The van der Waals surface area contributed by atoms with Crippen LogP contribution >= 0.6 is 0 Å². The summed E-state index contributed by atoms with van der Waals surface area (Å²) in [5.41, 5.74) is 0.995. The van der Waals surface area contributed by atoms with Gasteiger partial charge in [-0.25, -0.2) is 17.6 Å². The Morgan fingerprint density at radius 3 is 2.71 bits per heavy atom. The predicted octanol–water partition coefficient (Wildman–Crippen LogP) is 2.97. The van der Waals surface area contributed by atoms with Crippen LogP contribution in [0.3, 0.4) is 0 Å². The number of para-hydroxylation sites is 1. The van der Waals surface area contributed by atoms with Crippen molar-refractivity contribution < 1.29 is 22.7 Å². The Hall–Kier alpha value is -2.41. The molecule has 3 rings (SSSR count). The third-order valence-corrected chi connectivity index (χ3v) is 6.07. The first-order valence-corrected chi connectivity index (χ1v) is 8.90. The maximum atomic E-state index is 14.3. The van der Waals surface area contributed by atoms with Gasteiger partial charge in [0.2, 0.25) is 0 Å². The highest BCUT2D eigenvalue weighted by Crippen LogP contribution is 2.35. The van der Waals surface area contributed by atoms with Gasteiger partial charge in [0.25, 0.3) is 10.0 Å². The summed E-state index contributed by atoms with van der Waals surface area (Å²) in [6.07, 6.45) is 1.18. The van der Waals surface area contributed by atoms with Crippen LogP contribution in [0.25, 0.3) is 0 Å². The van der Waals surface area contributed by atoms with E-state index in [0.717, 1.165) is 10.4 Å². The molecule has 0 bridgehead atoms. The van der Waals surface area contributed by atoms with Gasteiger partial charge >= 0.3 is 5.97 Å². The van der Waals surface area contributed by atoms with Crippen molar-refractivity contribution >= 4 is 21.7 Å². The second-order valence-electron chi connectivity index (χ2n) is 5.71. The summed E-state index contributed by atoms with van der Waals surface area (Å²) >= 11 is 0. The highest BCUT2D eigenvalue weighted by atomic mass is 32.2. The van der Waals surface area contributed by atoms with Gasteiger partial charge in [-0.2, -0.15) is 0 Å². The van der Waals surface area contributed by atoms with Crippen LogP contribution in [0.2, 0.25) is 0 Å². The van der Waals surface area contributed by atoms with Crippen LogP contribution in [-0.2, 0) is 16.4 Å². The summed E-state index contributed by atoms with van der Waals surface area (Å²) in [6.45, 7) is 1.75. The fraction of sp³-hybridized carbons (Fsp3) is 0.235. The van der Waals surface area contributed by atoms with Gasteiger partial charge < -0.3 is 5.11 Å². The molecule has 0 amide bonds. The van der Waals surface area contributed by atoms with Gasteiger partial charge in [0, 0.05) is 6.54 Å². The Morgan fingerprint density at radius 2 is 2.00 bits per heavy atom. The van der Waals surface area contributed by atoms with Gasteiger partial charge in [0.1, 0.15) is 5.82 Å². The minimum absolute atomic E-state index is 0.0591. The summed E-state index contributed by atoms with van der Waals surface area (Å²) < 4.78 is 41.5. The van der Waals surface area contributed by atoms with Crippen molar-refractivity contribution in [1.82, 2.24) is 0 Å². The van der Waals surface area contributed by atoms with Crippen LogP contribution < -0.4 is 4.31 Å². The van der Waals surface area contributed by atoms with Crippen molar-refractivity contribution in [2.24, 2.45) is 0 Å². The van der Waals surface area contributed by atoms with Crippen LogP contribution in [0.15, 0.2) is 41.3 Å². The zero-order valence-electron chi connectivity index (χ0n) is 13.0. The number of aromatic carboxylic acids is 1. The number of aryl methyl sites for hydroxylation is 2. The second-order valence-corrected chi connectivity index (χ2v) is 7.54. The van der Waals surface area contributed by atoms with Crippen molar-refractivity contribution in [2.45, 2.75) is 24.7 Å². The largest absolute Gasteiger partial charge is 0.478 e. The Morgan fingerprint density at radius 1 is 1.25 bits per heavy atom. The molecule has 7 heteroatoms. The Bertz CT molecular complexity index is 924. The van der Waals surface area contributed by atoms with Gasteiger partial charge in [0.15, 0.2) is 0 Å². The standard InChI is InChI=1S/C17H16FNO4S/c1-11-7-8-13(17(20)21)10-15(11)24(22,23)19-9-3-5-12-4-2-6-14(18)16(12)19/h2,4,6-8,10H,3,5,9H2,1H3,(H,20,21). The average molecular weight is 349 g/mol. The lowest BCUT2D eigenvalue weighted by molar-refractivity contribution is 0.0696. The summed E-state index contributed by atoms with van der Waals surface area (Å²) in [6, 6.07) is 8.42. The van der Waals surface area contributed by atoms with E-state index in [4.69, 9.17) is 5.11 Å². The molecule has 5 nitrogen and oxygen atoms in total. The first-order valence-electron chi connectivity index (χ1n) is 7.46. The number of halogens is 1. The molecule has 1 aliphatic heterocycles. The lowest BCUT2D eigenvalue weighted by Gasteiger charge is -2.31. The molecule has 0 aliphatic carbocycles. The molecule has 0 radical (unpaired) electrons. The average Bonchev–Trinajstić information content (AvgIpc) is 2.54. The SMILES string of the molecule is Cc1ccc(C(=O)O)cc1S(=O)(=O)N1CCCc2cccc(F)c21. The third kappa shape index (κ3) is 2.65. The van der Waals surface area contributed by atoms with Crippen molar-refractivity contribution in [3.05, 3.63) is 58.9 Å². The number of hydrogen-bond donors (Lipinski definition) is 1. The number of fused-ring (bicyclic) bond motifs is 1. The molecule has 0 saturated heterocycles. The molecule has 0 saturated carbocycles. The number of carbonyl (C=O) groups is 1. The van der Waals surface area contributed by atoms with Crippen LogP contribution in [0, 0.1) is 12.7 Å². The van der Waals surface area contributed by atoms with E-state index in [-0.39, 0.29) is 22.7 Å². The minimum Gasteiger partial charge on any atom is -0.478 e. The molecule has 0 aromatic heterocycles. The highest BCUT2D eigenvalue weighted by Gasteiger charge is 2.32. The smallest absolute Gasteiger partial charge is 0.335 e. The van der Waals surface area contributed by atoms with E-state index in [2.05, 4.69) is 0 Å². The van der Waals surface area contributed by atoms with E-state index >= 15 is 0 Å². The fourth-order valence-corrected chi connectivity index (χ4v) is 4.74. The number of rotatable bonds is 3. The molecule has 2 aromatic rings. The number of sulfonamides is 1. The summed E-state index contributed by atoms with van der Waals surface area (Å²) in [4.78, 5) is 11.0. The van der Waals surface area contributed by atoms with Crippen LogP contribution in [0.5, 0.6) is 0 Å². The molecular weight excluding hydrogens is 333 g/mol. The Labute approximate surface area is 139 Å². The molecule has 2 aromatic carbocycles. The third-order valence-electron chi connectivity index (χ3n) is 4.13. The molecule has 0 atom stereocenters. The van der Waals surface area contributed by atoms with Gasteiger partial charge in [-0.15, -0.1) is 0 Å². The van der Waals surface area contributed by atoms with Crippen LogP contribution in [-0.4, -0.2) is 26.0 Å². The summed E-state index contributed by atoms with van der Waals surface area (Å²) in [7, 11) is -4.05. The van der Waals surface area contributed by atoms with Crippen molar-refractivity contribution in [1.29, 1.82) is 0 Å². The molecule has 0 fully saturated rings. The van der Waals surface area contributed by atoms with Gasteiger partial charge in [-0.3, -0.25) is 4.31 Å². The summed E-state index contributed by atoms with van der Waals surface area (Å²) in [5, 5.41) is 9.11. The van der Waals surface area contributed by atoms with E-state index < -0.39 is 21.8 Å². The number of carboxylic acid groups (broad SMARTS) is 1. The topological polar surface area (TPSA) is 74.7 Å². The van der Waals surface area contributed by atoms with Gasteiger partial charge in [-0.1, -0.05) is 18.2 Å². The normalized spacial score (nSPS) is 14.3. The van der Waals surface area contributed by atoms with E-state index in [9.17, 15) is 17.6 Å². The molecule has 126 valence electrons. The molecule has 1 heterocycles. The Balaban J connectivity index is 2.18.